The molecule has 0 saturated heterocycles. The topological polar surface area (TPSA) is 38.1 Å². The fourth-order valence-electron chi connectivity index (χ4n) is 3.40. The molecule has 0 spiro atoms. The van der Waals surface area contributed by atoms with E-state index in [9.17, 15) is 9.18 Å². The Morgan fingerprint density at radius 2 is 1.96 bits per heavy atom. The van der Waals surface area contributed by atoms with Crippen molar-refractivity contribution in [3.05, 3.63) is 47.5 Å². The third-order valence-electron chi connectivity index (χ3n) is 4.68. The van der Waals surface area contributed by atoms with Gasteiger partial charge in [0, 0.05) is 12.6 Å². The smallest absolute Gasteiger partial charge is 0.257 e. The second-order valence-electron chi connectivity index (χ2n) is 6.06. The monoisotopic (exact) mass is 315 g/mol. The number of nitrogens with zero attached hydrogens (tertiary/aromatic N) is 3. The second-order valence-corrected chi connectivity index (χ2v) is 6.06. The third kappa shape index (κ3) is 3.00. The van der Waals surface area contributed by atoms with Crippen molar-refractivity contribution in [3.8, 4) is 5.69 Å². The Bertz CT molecular complexity index is 687. The minimum Gasteiger partial charge on any atom is -0.336 e. The SMILES string of the molecule is CCN(C(=O)c1cnn(-c2ccc(F)cc2)c1C)C1CCCC1. The van der Waals surface area contributed by atoms with Crippen LogP contribution in [0, 0.1) is 12.7 Å². The molecule has 0 bridgehead atoms. The van der Waals surface area contributed by atoms with E-state index in [-0.39, 0.29) is 11.7 Å². The fraction of sp³-hybridized carbons (Fsp3) is 0.444. The van der Waals surface area contributed by atoms with Gasteiger partial charge in [-0.25, -0.2) is 9.07 Å². The Labute approximate surface area is 135 Å². The van der Waals surface area contributed by atoms with E-state index >= 15 is 0 Å². The quantitative estimate of drug-likeness (QED) is 0.862. The van der Waals surface area contributed by atoms with Crippen molar-refractivity contribution < 1.29 is 9.18 Å². The van der Waals surface area contributed by atoms with Crippen molar-refractivity contribution in [1.29, 1.82) is 0 Å². The first-order chi connectivity index (χ1) is 11.1. The molecule has 1 aromatic carbocycles. The molecule has 0 N–H and O–H groups in total. The van der Waals surface area contributed by atoms with E-state index in [0.29, 0.717) is 18.2 Å². The number of amides is 1. The lowest BCUT2D eigenvalue weighted by Crippen LogP contribution is -2.38. The molecule has 23 heavy (non-hydrogen) atoms. The van der Waals surface area contributed by atoms with Crippen LogP contribution in [0.15, 0.2) is 30.5 Å². The Kier molecular flexibility index (Phi) is 4.46. The largest absolute Gasteiger partial charge is 0.336 e. The number of aromatic nitrogens is 2. The molecule has 0 atom stereocenters. The van der Waals surface area contributed by atoms with Gasteiger partial charge in [-0.05, 0) is 51.0 Å². The van der Waals surface area contributed by atoms with Gasteiger partial charge in [0.15, 0.2) is 0 Å². The Morgan fingerprint density at radius 3 is 2.57 bits per heavy atom. The van der Waals surface area contributed by atoms with E-state index < -0.39 is 0 Å². The normalized spacial score (nSPS) is 15.1. The van der Waals surface area contributed by atoms with E-state index in [1.54, 1.807) is 23.0 Å². The highest BCUT2D eigenvalue weighted by molar-refractivity contribution is 5.95. The van der Waals surface area contributed by atoms with Gasteiger partial charge in [0.2, 0.25) is 0 Å². The number of halogens is 1. The summed E-state index contributed by atoms with van der Waals surface area (Å²) in [5.41, 5.74) is 2.17. The molecule has 1 saturated carbocycles. The van der Waals surface area contributed by atoms with E-state index in [4.69, 9.17) is 0 Å². The summed E-state index contributed by atoms with van der Waals surface area (Å²) in [6.07, 6.45) is 6.19. The van der Waals surface area contributed by atoms with Crippen LogP contribution in [0.1, 0.15) is 48.7 Å². The Morgan fingerprint density at radius 1 is 1.30 bits per heavy atom. The van der Waals surface area contributed by atoms with Crippen molar-refractivity contribution in [2.75, 3.05) is 6.54 Å². The molecule has 1 amide bonds. The van der Waals surface area contributed by atoms with Crippen LogP contribution < -0.4 is 0 Å². The van der Waals surface area contributed by atoms with Crippen LogP contribution in [-0.2, 0) is 0 Å². The number of benzene rings is 1. The van der Waals surface area contributed by atoms with Gasteiger partial charge in [-0.1, -0.05) is 12.8 Å². The van der Waals surface area contributed by atoms with Crippen LogP contribution in [0.25, 0.3) is 5.69 Å². The van der Waals surface area contributed by atoms with E-state index in [1.165, 1.54) is 25.0 Å². The van der Waals surface area contributed by atoms with Crippen molar-refractivity contribution in [2.24, 2.45) is 0 Å². The van der Waals surface area contributed by atoms with Gasteiger partial charge < -0.3 is 4.90 Å². The number of hydrogen-bond acceptors (Lipinski definition) is 2. The second kappa shape index (κ2) is 6.52. The number of carbonyl (C=O) groups excluding carboxylic acids is 1. The summed E-state index contributed by atoms with van der Waals surface area (Å²) >= 11 is 0. The van der Waals surface area contributed by atoms with Crippen LogP contribution in [-0.4, -0.2) is 33.2 Å². The lowest BCUT2D eigenvalue weighted by molar-refractivity contribution is 0.0693. The highest BCUT2D eigenvalue weighted by atomic mass is 19.1. The summed E-state index contributed by atoms with van der Waals surface area (Å²) in [6.45, 7) is 4.62. The molecule has 4 nitrogen and oxygen atoms in total. The minimum atomic E-state index is -0.284. The molecule has 3 rings (SSSR count). The summed E-state index contributed by atoms with van der Waals surface area (Å²) in [7, 11) is 0. The first-order valence-corrected chi connectivity index (χ1v) is 8.23. The van der Waals surface area contributed by atoms with Crippen molar-refractivity contribution in [3.63, 3.8) is 0 Å². The molecule has 122 valence electrons. The van der Waals surface area contributed by atoms with E-state index in [1.807, 2.05) is 18.7 Å². The molecule has 0 unspecified atom stereocenters. The average molecular weight is 315 g/mol. The summed E-state index contributed by atoms with van der Waals surface area (Å²) in [6, 6.07) is 6.47. The van der Waals surface area contributed by atoms with Crippen LogP contribution in [0.5, 0.6) is 0 Å². The van der Waals surface area contributed by atoms with Gasteiger partial charge in [0.25, 0.3) is 5.91 Å². The molecule has 1 heterocycles. The van der Waals surface area contributed by atoms with Crippen LogP contribution in [0.3, 0.4) is 0 Å². The maximum absolute atomic E-state index is 13.1. The van der Waals surface area contributed by atoms with Gasteiger partial charge in [0.05, 0.1) is 23.1 Å². The van der Waals surface area contributed by atoms with Crippen LogP contribution in [0.2, 0.25) is 0 Å². The molecule has 0 radical (unpaired) electrons. The zero-order valence-corrected chi connectivity index (χ0v) is 13.6. The third-order valence-corrected chi connectivity index (χ3v) is 4.68. The maximum Gasteiger partial charge on any atom is 0.257 e. The molecular weight excluding hydrogens is 293 g/mol. The molecule has 2 aromatic rings. The number of hydrogen-bond donors (Lipinski definition) is 0. The number of rotatable bonds is 4. The first-order valence-electron chi connectivity index (χ1n) is 8.23. The molecule has 1 aliphatic carbocycles. The Balaban J connectivity index is 1.88. The fourth-order valence-corrected chi connectivity index (χ4v) is 3.40. The standard InChI is InChI=1S/C18H22FN3O/c1-3-21(15-6-4-5-7-15)18(23)17-12-20-22(13(17)2)16-10-8-14(19)9-11-16/h8-12,15H,3-7H2,1-2H3. The highest BCUT2D eigenvalue weighted by Crippen LogP contribution is 2.25. The Hall–Kier alpha value is -2.17. The summed E-state index contributed by atoms with van der Waals surface area (Å²) < 4.78 is 14.8. The van der Waals surface area contributed by atoms with Crippen molar-refractivity contribution in [1.82, 2.24) is 14.7 Å². The maximum atomic E-state index is 13.1. The molecular formula is C18H22FN3O. The lowest BCUT2D eigenvalue weighted by atomic mass is 10.1. The summed E-state index contributed by atoms with van der Waals surface area (Å²) in [4.78, 5) is 14.9. The average Bonchev–Trinajstić information content (AvgIpc) is 3.19. The predicted octanol–water partition coefficient (Wildman–Crippen LogP) is 3.72. The van der Waals surface area contributed by atoms with Gasteiger partial charge in [-0.2, -0.15) is 5.10 Å². The summed E-state index contributed by atoms with van der Waals surface area (Å²) in [5, 5.41) is 4.33. The molecule has 1 aromatic heterocycles. The summed E-state index contributed by atoms with van der Waals surface area (Å²) in [5.74, 6) is -0.237. The minimum absolute atomic E-state index is 0.0465. The van der Waals surface area contributed by atoms with E-state index in [2.05, 4.69) is 5.10 Å². The molecule has 1 fully saturated rings. The molecule has 5 heteroatoms. The van der Waals surface area contributed by atoms with Crippen molar-refractivity contribution >= 4 is 5.91 Å². The van der Waals surface area contributed by atoms with E-state index in [0.717, 1.165) is 24.2 Å². The van der Waals surface area contributed by atoms with Crippen LogP contribution in [0.4, 0.5) is 4.39 Å². The first kappa shape index (κ1) is 15.7. The predicted molar refractivity (Wildman–Crippen MR) is 87.2 cm³/mol. The zero-order chi connectivity index (χ0) is 16.4. The number of carbonyl (C=O) groups is 1. The highest BCUT2D eigenvalue weighted by Gasteiger charge is 2.28. The van der Waals surface area contributed by atoms with Crippen LogP contribution >= 0.6 is 0 Å². The van der Waals surface area contributed by atoms with Crippen molar-refractivity contribution in [2.45, 2.75) is 45.6 Å². The van der Waals surface area contributed by atoms with Gasteiger partial charge >= 0.3 is 0 Å². The zero-order valence-electron chi connectivity index (χ0n) is 13.6. The molecule has 0 aliphatic heterocycles. The van der Waals surface area contributed by atoms with Gasteiger partial charge in [0.1, 0.15) is 5.82 Å². The van der Waals surface area contributed by atoms with Gasteiger partial charge in [-0.15, -0.1) is 0 Å². The lowest BCUT2D eigenvalue weighted by Gasteiger charge is -2.27. The molecule has 1 aliphatic rings. The van der Waals surface area contributed by atoms with Gasteiger partial charge in [-0.3, -0.25) is 4.79 Å².